The van der Waals surface area contributed by atoms with Crippen molar-refractivity contribution in [3.8, 4) is 11.1 Å². The van der Waals surface area contributed by atoms with E-state index < -0.39 is 0 Å². The number of esters is 1. The van der Waals surface area contributed by atoms with Crippen molar-refractivity contribution < 1.29 is 9.53 Å². The van der Waals surface area contributed by atoms with E-state index in [-0.39, 0.29) is 5.97 Å². The number of anilines is 1. The summed E-state index contributed by atoms with van der Waals surface area (Å²) in [6.45, 7) is 0. The van der Waals surface area contributed by atoms with E-state index in [0.29, 0.717) is 11.5 Å². The highest BCUT2D eigenvalue weighted by Crippen LogP contribution is 2.24. The molecule has 2 aromatic rings. The van der Waals surface area contributed by atoms with Gasteiger partial charge in [-0.2, -0.15) is 0 Å². The third-order valence-corrected chi connectivity index (χ3v) is 2.55. The van der Waals surface area contributed by atoms with E-state index >= 15 is 0 Å². The highest BCUT2D eigenvalue weighted by Gasteiger charge is 2.17. The van der Waals surface area contributed by atoms with Crippen molar-refractivity contribution in [1.29, 1.82) is 0 Å². The predicted octanol–water partition coefficient (Wildman–Crippen LogP) is 1.46. The SMILES string of the molecule is COC(=O)c1c(-c2ccc(N)nc2)ccn1C. The number of carbonyl (C=O) groups is 1. The smallest absolute Gasteiger partial charge is 0.355 e. The first kappa shape index (κ1) is 11.2. The standard InChI is InChI=1S/C12H13N3O2/c1-15-6-5-9(11(15)12(16)17-2)8-3-4-10(13)14-7-8/h3-7H,1-2H3,(H2,13,14). The summed E-state index contributed by atoms with van der Waals surface area (Å²) >= 11 is 0. The molecule has 2 aromatic heterocycles. The summed E-state index contributed by atoms with van der Waals surface area (Å²) in [7, 11) is 3.15. The molecule has 0 aliphatic heterocycles. The molecule has 0 bridgehead atoms. The predicted molar refractivity (Wildman–Crippen MR) is 64.4 cm³/mol. The Morgan fingerprint density at radius 1 is 1.41 bits per heavy atom. The van der Waals surface area contributed by atoms with E-state index in [9.17, 15) is 4.79 Å². The molecule has 88 valence electrons. The van der Waals surface area contributed by atoms with Crippen LogP contribution in [0.25, 0.3) is 11.1 Å². The van der Waals surface area contributed by atoms with Gasteiger partial charge in [0.1, 0.15) is 11.5 Å². The topological polar surface area (TPSA) is 70.1 Å². The first-order valence-corrected chi connectivity index (χ1v) is 5.09. The summed E-state index contributed by atoms with van der Waals surface area (Å²) in [4.78, 5) is 15.7. The Kier molecular flexibility index (Phi) is 2.82. The van der Waals surface area contributed by atoms with Gasteiger partial charge in [-0.1, -0.05) is 0 Å². The van der Waals surface area contributed by atoms with Gasteiger partial charge in [0.25, 0.3) is 0 Å². The monoisotopic (exact) mass is 231 g/mol. The molecule has 0 unspecified atom stereocenters. The number of ether oxygens (including phenoxy) is 1. The normalized spacial score (nSPS) is 10.2. The van der Waals surface area contributed by atoms with Crippen LogP contribution in [-0.4, -0.2) is 22.6 Å². The Morgan fingerprint density at radius 3 is 2.76 bits per heavy atom. The number of hydrogen-bond donors (Lipinski definition) is 1. The molecular weight excluding hydrogens is 218 g/mol. The molecule has 0 radical (unpaired) electrons. The molecule has 5 nitrogen and oxygen atoms in total. The number of aromatic nitrogens is 2. The third-order valence-electron chi connectivity index (χ3n) is 2.55. The molecule has 17 heavy (non-hydrogen) atoms. The molecule has 0 amide bonds. The van der Waals surface area contributed by atoms with Gasteiger partial charge in [-0.15, -0.1) is 0 Å². The number of aryl methyl sites for hydroxylation is 1. The molecule has 0 aromatic carbocycles. The van der Waals surface area contributed by atoms with Gasteiger partial charge in [-0.05, 0) is 18.2 Å². The van der Waals surface area contributed by atoms with Gasteiger partial charge in [-0.3, -0.25) is 0 Å². The summed E-state index contributed by atoms with van der Waals surface area (Å²) in [6, 6.07) is 5.37. The zero-order valence-electron chi connectivity index (χ0n) is 9.68. The largest absolute Gasteiger partial charge is 0.464 e. The van der Waals surface area contributed by atoms with Crippen molar-refractivity contribution in [3.63, 3.8) is 0 Å². The van der Waals surface area contributed by atoms with Crippen molar-refractivity contribution in [2.45, 2.75) is 0 Å². The van der Waals surface area contributed by atoms with Crippen LogP contribution in [0.3, 0.4) is 0 Å². The molecule has 0 saturated heterocycles. The molecule has 0 fully saturated rings. The molecule has 0 aliphatic rings. The summed E-state index contributed by atoms with van der Waals surface area (Å²) < 4.78 is 6.48. The van der Waals surface area contributed by atoms with Gasteiger partial charge >= 0.3 is 5.97 Å². The Bertz CT molecular complexity index is 543. The van der Waals surface area contributed by atoms with Gasteiger partial charge in [0.2, 0.25) is 0 Å². The minimum absolute atomic E-state index is 0.371. The molecular formula is C12H13N3O2. The molecule has 5 heteroatoms. The Hall–Kier alpha value is -2.30. The van der Waals surface area contributed by atoms with E-state index in [2.05, 4.69) is 4.98 Å². The number of hydrogen-bond acceptors (Lipinski definition) is 4. The van der Waals surface area contributed by atoms with Crippen molar-refractivity contribution in [2.75, 3.05) is 12.8 Å². The molecule has 0 atom stereocenters. The zero-order chi connectivity index (χ0) is 12.4. The van der Waals surface area contributed by atoms with E-state index in [1.165, 1.54) is 7.11 Å². The molecule has 0 spiro atoms. The fraction of sp³-hybridized carbons (Fsp3) is 0.167. The number of rotatable bonds is 2. The van der Waals surface area contributed by atoms with Gasteiger partial charge < -0.3 is 15.0 Å². The van der Waals surface area contributed by atoms with Crippen LogP contribution in [0.2, 0.25) is 0 Å². The van der Waals surface area contributed by atoms with Crippen LogP contribution < -0.4 is 5.73 Å². The van der Waals surface area contributed by atoms with Gasteiger partial charge in [-0.25, -0.2) is 9.78 Å². The number of nitrogens with two attached hydrogens (primary N) is 1. The number of methoxy groups -OCH3 is 1. The summed E-state index contributed by atoms with van der Waals surface area (Å²) in [5.74, 6) is 0.0774. The fourth-order valence-corrected chi connectivity index (χ4v) is 1.68. The number of nitrogen functional groups attached to an aromatic ring is 1. The van der Waals surface area contributed by atoms with Crippen molar-refractivity contribution in [3.05, 3.63) is 36.3 Å². The van der Waals surface area contributed by atoms with Gasteiger partial charge in [0.05, 0.1) is 7.11 Å². The second-order valence-electron chi connectivity index (χ2n) is 3.65. The lowest BCUT2D eigenvalue weighted by molar-refractivity contribution is 0.0591. The second-order valence-corrected chi connectivity index (χ2v) is 3.65. The minimum atomic E-state index is -0.371. The van der Waals surface area contributed by atoms with Gasteiger partial charge in [0.15, 0.2) is 0 Å². The highest BCUT2D eigenvalue weighted by atomic mass is 16.5. The van der Waals surface area contributed by atoms with Crippen LogP contribution in [-0.2, 0) is 11.8 Å². The first-order valence-electron chi connectivity index (χ1n) is 5.09. The molecule has 2 rings (SSSR count). The fourth-order valence-electron chi connectivity index (χ4n) is 1.68. The lowest BCUT2D eigenvalue weighted by atomic mass is 10.1. The maximum Gasteiger partial charge on any atom is 0.355 e. The highest BCUT2D eigenvalue weighted by molar-refractivity contribution is 5.95. The molecule has 0 saturated carbocycles. The molecule has 2 heterocycles. The van der Waals surface area contributed by atoms with Gasteiger partial charge in [0, 0.05) is 30.6 Å². The Morgan fingerprint density at radius 2 is 2.18 bits per heavy atom. The van der Waals surface area contributed by atoms with Crippen LogP contribution in [0.4, 0.5) is 5.82 Å². The van der Waals surface area contributed by atoms with Crippen LogP contribution in [0.15, 0.2) is 30.6 Å². The van der Waals surface area contributed by atoms with E-state index in [1.807, 2.05) is 12.1 Å². The summed E-state index contributed by atoms with van der Waals surface area (Å²) in [5, 5.41) is 0. The average molecular weight is 231 g/mol. The maximum atomic E-state index is 11.7. The van der Waals surface area contributed by atoms with E-state index in [1.54, 1.807) is 30.1 Å². The Balaban J connectivity index is 2.52. The minimum Gasteiger partial charge on any atom is -0.464 e. The first-order chi connectivity index (χ1) is 8.13. The average Bonchev–Trinajstić information content (AvgIpc) is 2.71. The van der Waals surface area contributed by atoms with Crippen molar-refractivity contribution in [1.82, 2.24) is 9.55 Å². The van der Waals surface area contributed by atoms with Crippen LogP contribution in [0, 0.1) is 0 Å². The quantitative estimate of drug-likeness (QED) is 0.794. The zero-order valence-corrected chi connectivity index (χ0v) is 9.68. The van der Waals surface area contributed by atoms with Crippen molar-refractivity contribution >= 4 is 11.8 Å². The third kappa shape index (κ3) is 1.99. The Labute approximate surface area is 98.8 Å². The summed E-state index contributed by atoms with van der Waals surface area (Å²) in [6.07, 6.45) is 3.44. The van der Waals surface area contributed by atoms with Crippen LogP contribution >= 0.6 is 0 Å². The molecule has 2 N–H and O–H groups in total. The van der Waals surface area contributed by atoms with Crippen LogP contribution in [0.1, 0.15) is 10.5 Å². The molecule has 0 aliphatic carbocycles. The number of nitrogens with zero attached hydrogens (tertiary/aromatic N) is 2. The van der Waals surface area contributed by atoms with E-state index in [0.717, 1.165) is 11.1 Å². The van der Waals surface area contributed by atoms with Crippen LogP contribution in [0.5, 0.6) is 0 Å². The number of carbonyl (C=O) groups excluding carboxylic acids is 1. The maximum absolute atomic E-state index is 11.7. The lowest BCUT2D eigenvalue weighted by Crippen LogP contribution is -2.08. The van der Waals surface area contributed by atoms with Crippen molar-refractivity contribution in [2.24, 2.45) is 7.05 Å². The summed E-state index contributed by atoms with van der Waals surface area (Å²) in [5.41, 5.74) is 7.64. The number of pyridine rings is 1. The lowest BCUT2D eigenvalue weighted by Gasteiger charge is -2.05. The second kappa shape index (κ2) is 4.29. The van der Waals surface area contributed by atoms with E-state index in [4.69, 9.17) is 10.5 Å².